The SMILES string of the molecule is O=C(NCCN1CCCC1)c1cc2scc(Br)c2n1Cc1ccc(F)c(F)c1. The van der Waals surface area contributed by atoms with Crippen LogP contribution >= 0.6 is 27.3 Å². The van der Waals surface area contributed by atoms with E-state index >= 15 is 0 Å². The molecule has 0 saturated carbocycles. The summed E-state index contributed by atoms with van der Waals surface area (Å²) < 4.78 is 30.6. The molecule has 1 aromatic carbocycles. The van der Waals surface area contributed by atoms with E-state index in [2.05, 4.69) is 26.1 Å². The van der Waals surface area contributed by atoms with Crippen LogP contribution in [0.1, 0.15) is 28.9 Å². The zero-order valence-corrected chi connectivity index (χ0v) is 17.6. The smallest absolute Gasteiger partial charge is 0.268 e. The Morgan fingerprint density at radius 1 is 1.18 bits per heavy atom. The number of likely N-dealkylation sites (tertiary alicyclic amines) is 1. The molecule has 148 valence electrons. The van der Waals surface area contributed by atoms with Crippen LogP contribution in [0, 0.1) is 11.6 Å². The molecule has 4 rings (SSSR count). The molecule has 28 heavy (non-hydrogen) atoms. The number of rotatable bonds is 6. The Hall–Kier alpha value is -1.77. The molecule has 2 aromatic heterocycles. The number of thiophene rings is 1. The van der Waals surface area contributed by atoms with Gasteiger partial charge in [-0.15, -0.1) is 11.3 Å². The van der Waals surface area contributed by atoms with Gasteiger partial charge in [0.1, 0.15) is 5.69 Å². The molecule has 0 bridgehead atoms. The highest BCUT2D eigenvalue weighted by atomic mass is 79.9. The first-order valence-corrected chi connectivity index (χ1v) is 10.9. The molecular weight excluding hydrogens is 448 g/mol. The summed E-state index contributed by atoms with van der Waals surface area (Å²) in [6.45, 7) is 3.89. The lowest BCUT2D eigenvalue weighted by Gasteiger charge is -2.15. The Kier molecular flexibility index (Phi) is 5.80. The Morgan fingerprint density at radius 2 is 1.96 bits per heavy atom. The lowest BCUT2D eigenvalue weighted by molar-refractivity contribution is 0.0941. The van der Waals surface area contributed by atoms with E-state index in [0.29, 0.717) is 17.8 Å². The van der Waals surface area contributed by atoms with Gasteiger partial charge in [0, 0.05) is 25.0 Å². The van der Waals surface area contributed by atoms with Crippen molar-refractivity contribution in [3.8, 4) is 0 Å². The number of fused-ring (bicyclic) bond motifs is 1. The third kappa shape index (κ3) is 3.99. The first-order chi connectivity index (χ1) is 13.5. The lowest BCUT2D eigenvalue weighted by atomic mass is 10.2. The van der Waals surface area contributed by atoms with Gasteiger partial charge in [-0.1, -0.05) is 6.07 Å². The monoisotopic (exact) mass is 467 g/mol. The minimum absolute atomic E-state index is 0.155. The van der Waals surface area contributed by atoms with Crippen molar-refractivity contribution in [1.82, 2.24) is 14.8 Å². The maximum atomic E-state index is 13.6. The van der Waals surface area contributed by atoms with E-state index in [1.807, 2.05) is 16.0 Å². The average molecular weight is 468 g/mol. The summed E-state index contributed by atoms with van der Waals surface area (Å²) >= 11 is 5.07. The molecule has 0 atom stereocenters. The van der Waals surface area contributed by atoms with Crippen molar-refractivity contribution >= 4 is 43.4 Å². The zero-order valence-electron chi connectivity index (χ0n) is 15.2. The number of nitrogens with one attached hydrogen (secondary N) is 1. The van der Waals surface area contributed by atoms with Gasteiger partial charge in [-0.2, -0.15) is 0 Å². The Balaban J connectivity index is 1.57. The van der Waals surface area contributed by atoms with Gasteiger partial charge >= 0.3 is 0 Å². The molecule has 1 amide bonds. The standard InChI is InChI=1S/C20H20BrF2N3OS/c21-14-12-28-18-10-17(20(27)24-5-8-25-6-1-2-7-25)26(19(14)18)11-13-3-4-15(22)16(23)9-13/h3-4,9-10,12H,1-2,5-8,11H2,(H,24,27). The Bertz CT molecular complexity index is 1010. The number of nitrogens with zero attached hydrogens (tertiary/aromatic N) is 2. The third-order valence-electron chi connectivity index (χ3n) is 5.05. The molecule has 1 aliphatic heterocycles. The summed E-state index contributed by atoms with van der Waals surface area (Å²) in [5, 5.41) is 4.96. The molecule has 1 fully saturated rings. The maximum Gasteiger partial charge on any atom is 0.268 e. The summed E-state index contributed by atoms with van der Waals surface area (Å²) in [5.41, 5.74) is 2.01. The highest BCUT2D eigenvalue weighted by Gasteiger charge is 2.20. The van der Waals surface area contributed by atoms with Crippen LogP contribution in [0.3, 0.4) is 0 Å². The largest absolute Gasteiger partial charge is 0.349 e. The lowest BCUT2D eigenvalue weighted by Crippen LogP contribution is -2.34. The summed E-state index contributed by atoms with van der Waals surface area (Å²) in [6, 6.07) is 5.69. The van der Waals surface area contributed by atoms with Crippen LogP contribution in [0.15, 0.2) is 34.1 Å². The maximum absolute atomic E-state index is 13.6. The van der Waals surface area contributed by atoms with Gasteiger partial charge in [0.15, 0.2) is 11.6 Å². The van der Waals surface area contributed by atoms with Crippen LogP contribution in [-0.2, 0) is 6.54 Å². The number of hydrogen-bond acceptors (Lipinski definition) is 3. The van der Waals surface area contributed by atoms with Crippen molar-refractivity contribution in [2.45, 2.75) is 19.4 Å². The second-order valence-electron chi connectivity index (χ2n) is 6.97. The van der Waals surface area contributed by atoms with Crippen molar-refractivity contribution in [3.63, 3.8) is 0 Å². The van der Waals surface area contributed by atoms with E-state index in [0.717, 1.165) is 40.4 Å². The number of benzene rings is 1. The van der Waals surface area contributed by atoms with Crippen molar-refractivity contribution in [1.29, 1.82) is 0 Å². The van der Waals surface area contributed by atoms with E-state index in [1.165, 1.54) is 30.2 Å². The predicted molar refractivity (Wildman–Crippen MR) is 111 cm³/mol. The third-order valence-corrected chi connectivity index (χ3v) is 6.87. The fourth-order valence-corrected chi connectivity index (χ4v) is 5.32. The topological polar surface area (TPSA) is 37.3 Å². The van der Waals surface area contributed by atoms with Gasteiger partial charge in [-0.05, 0) is 65.6 Å². The predicted octanol–water partition coefficient (Wildman–Crippen LogP) is 4.62. The molecule has 0 spiro atoms. The number of amides is 1. The molecule has 0 aliphatic carbocycles. The molecule has 4 nitrogen and oxygen atoms in total. The highest BCUT2D eigenvalue weighted by Crippen LogP contribution is 2.34. The number of carbonyl (C=O) groups excluding carboxylic acids is 1. The number of aromatic nitrogens is 1. The number of halogens is 3. The van der Waals surface area contributed by atoms with Gasteiger partial charge < -0.3 is 14.8 Å². The van der Waals surface area contributed by atoms with Gasteiger partial charge in [-0.25, -0.2) is 8.78 Å². The van der Waals surface area contributed by atoms with Gasteiger partial charge in [-0.3, -0.25) is 4.79 Å². The van der Waals surface area contributed by atoms with E-state index in [4.69, 9.17) is 0 Å². The molecule has 1 N–H and O–H groups in total. The Labute approximate surface area is 174 Å². The van der Waals surface area contributed by atoms with Gasteiger partial charge in [0.25, 0.3) is 5.91 Å². The minimum Gasteiger partial charge on any atom is -0.349 e. The fraction of sp³-hybridized carbons (Fsp3) is 0.350. The Morgan fingerprint density at radius 3 is 2.71 bits per heavy atom. The number of carbonyl (C=O) groups is 1. The van der Waals surface area contributed by atoms with E-state index in [1.54, 1.807) is 6.07 Å². The molecule has 3 heterocycles. The summed E-state index contributed by atoms with van der Waals surface area (Å²) in [7, 11) is 0. The van der Waals surface area contributed by atoms with Crippen LogP contribution in [0.4, 0.5) is 8.78 Å². The van der Waals surface area contributed by atoms with Crippen LogP contribution in [-0.4, -0.2) is 41.6 Å². The molecule has 1 saturated heterocycles. The summed E-state index contributed by atoms with van der Waals surface area (Å²) in [5.74, 6) is -1.92. The van der Waals surface area contributed by atoms with Crippen LogP contribution < -0.4 is 5.32 Å². The second kappa shape index (κ2) is 8.31. The molecular formula is C20H20BrF2N3OS. The van der Waals surface area contributed by atoms with Crippen LogP contribution in [0.2, 0.25) is 0 Å². The van der Waals surface area contributed by atoms with Crippen LogP contribution in [0.5, 0.6) is 0 Å². The van der Waals surface area contributed by atoms with Crippen molar-refractivity contribution in [2.75, 3.05) is 26.2 Å². The second-order valence-corrected chi connectivity index (χ2v) is 8.73. The van der Waals surface area contributed by atoms with Crippen molar-refractivity contribution in [3.05, 3.63) is 57.0 Å². The molecule has 3 aromatic rings. The first-order valence-electron chi connectivity index (χ1n) is 9.23. The first kappa shape index (κ1) is 19.5. The molecule has 8 heteroatoms. The van der Waals surface area contributed by atoms with E-state index in [-0.39, 0.29) is 12.5 Å². The molecule has 0 radical (unpaired) electrons. The number of hydrogen-bond donors (Lipinski definition) is 1. The molecule has 1 aliphatic rings. The molecule has 0 unspecified atom stereocenters. The summed E-state index contributed by atoms with van der Waals surface area (Å²) in [6.07, 6.45) is 2.44. The van der Waals surface area contributed by atoms with Crippen molar-refractivity contribution < 1.29 is 13.6 Å². The average Bonchev–Trinajstić information content (AvgIpc) is 3.38. The minimum atomic E-state index is -0.887. The van der Waals surface area contributed by atoms with E-state index < -0.39 is 11.6 Å². The quantitative estimate of drug-likeness (QED) is 0.574. The zero-order chi connectivity index (χ0) is 19.7. The highest BCUT2D eigenvalue weighted by molar-refractivity contribution is 9.10. The summed E-state index contributed by atoms with van der Waals surface area (Å²) in [4.78, 5) is 15.2. The van der Waals surface area contributed by atoms with Gasteiger partial charge in [0.2, 0.25) is 0 Å². The normalized spacial score (nSPS) is 14.8. The van der Waals surface area contributed by atoms with Gasteiger partial charge in [0.05, 0.1) is 14.7 Å². The fourth-order valence-electron chi connectivity index (χ4n) is 3.63. The van der Waals surface area contributed by atoms with Crippen molar-refractivity contribution in [2.24, 2.45) is 0 Å². The van der Waals surface area contributed by atoms with E-state index in [9.17, 15) is 13.6 Å². The van der Waals surface area contributed by atoms with Crippen LogP contribution in [0.25, 0.3) is 10.2 Å².